The summed E-state index contributed by atoms with van der Waals surface area (Å²) >= 11 is 3.16. The van der Waals surface area contributed by atoms with Gasteiger partial charge in [-0.2, -0.15) is 0 Å². The lowest BCUT2D eigenvalue weighted by atomic mass is 10.1. The summed E-state index contributed by atoms with van der Waals surface area (Å²) in [6.07, 6.45) is 1.97. The molecule has 1 amide bonds. The molecule has 3 rings (SSSR count). The maximum absolute atomic E-state index is 12.4. The first-order chi connectivity index (χ1) is 13.5. The summed E-state index contributed by atoms with van der Waals surface area (Å²) in [4.78, 5) is 13.7. The van der Waals surface area contributed by atoms with Crippen LogP contribution in [0.3, 0.4) is 0 Å². The Balaban J connectivity index is 1.69. The molecule has 0 bridgehead atoms. The molecular formula is C21H26N4OS2. The van der Waals surface area contributed by atoms with Crippen LogP contribution in [0, 0.1) is 13.8 Å². The number of anilines is 1. The van der Waals surface area contributed by atoms with Crippen LogP contribution < -0.4 is 5.32 Å². The average Bonchev–Trinajstić information content (AvgIpc) is 3.24. The van der Waals surface area contributed by atoms with Gasteiger partial charge in [0.15, 0.2) is 11.0 Å². The van der Waals surface area contributed by atoms with E-state index >= 15 is 0 Å². The number of aryl methyl sites for hydroxylation is 2. The van der Waals surface area contributed by atoms with Gasteiger partial charge in [0.25, 0.3) is 0 Å². The highest BCUT2D eigenvalue weighted by Gasteiger charge is 2.18. The number of carbonyl (C=O) groups excluding carboxylic acids is 1. The van der Waals surface area contributed by atoms with E-state index in [1.807, 2.05) is 24.3 Å². The molecule has 2 heterocycles. The van der Waals surface area contributed by atoms with E-state index in [4.69, 9.17) is 0 Å². The highest BCUT2D eigenvalue weighted by atomic mass is 32.2. The largest absolute Gasteiger partial charge is 0.325 e. The zero-order valence-electron chi connectivity index (χ0n) is 16.8. The second-order valence-corrected chi connectivity index (χ2v) is 8.70. The Morgan fingerprint density at radius 3 is 2.54 bits per heavy atom. The number of rotatable bonds is 8. The number of thioether (sulfide) groups is 1. The first kappa shape index (κ1) is 20.6. The molecule has 2 aromatic heterocycles. The molecule has 0 atom stereocenters. The lowest BCUT2D eigenvalue weighted by Gasteiger charge is -2.09. The molecule has 0 aliphatic rings. The van der Waals surface area contributed by atoms with Crippen LogP contribution in [-0.2, 0) is 17.8 Å². The highest BCUT2D eigenvalue weighted by Crippen LogP contribution is 2.31. The maximum atomic E-state index is 12.4. The van der Waals surface area contributed by atoms with Crippen molar-refractivity contribution < 1.29 is 4.79 Å². The van der Waals surface area contributed by atoms with Crippen molar-refractivity contribution in [1.29, 1.82) is 0 Å². The fraction of sp³-hybridized carbons (Fsp3) is 0.381. The minimum absolute atomic E-state index is 0.0376. The molecule has 28 heavy (non-hydrogen) atoms. The summed E-state index contributed by atoms with van der Waals surface area (Å²) in [5, 5.41) is 14.7. The van der Waals surface area contributed by atoms with Gasteiger partial charge in [-0.1, -0.05) is 37.7 Å². The summed E-state index contributed by atoms with van der Waals surface area (Å²) in [5.74, 6) is 1.16. The molecule has 0 saturated carbocycles. The standard InChI is InChI=1S/C21H26N4OS2/c1-5-11-25-20(18-12-27-15(4)14(18)3)23-24-21(25)28-13-19(26)22-17-9-7-16(6-2)8-10-17/h7-10,12H,5-6,11,13H2,1-4H3,(H,22,26). The van der Waals surface area contributed by atoms with Crippen molar-refractivity contribution in [2.45, 2.75) is 52.2 Å². The molecule has 7 heteroatoms. The van der Waals surface area contributed by atoms with Gasteiger partial charge in [0, 0.05) is 28.1 Å². The Bertz CT molecular complexity index is 944. The number of hydrogen-bond donors (Lipinski definition) is 1. The molecular weight excluding hydrogens is 388 g/mol. The van der Waals surface area contributed by atoms with Gasteiger partial charge in [-0.25, -0.2) is 0 Å². The van der Waals surface area contributed by atoms with Crippen LogP contribution in [0.25, 0.3) is 11.4 Å². The lowest BCUT2D eigenvalue weighted by molar-refractivity contribution is -0.113. The first-order valence-corrected chi connectivity index (χ1v) is 11.4. The van der Waals surface area contributed by atoms with Gasteiger partial charge in [0.2, 0.25) is 5.91 Å². The van der Waals surface area contributed by atoms with Crippen LogP contribution in [0.2, 0.25) is 0 Å². The van der Waals surface area contributed by atoms with Crippen molar-refractivity contribution >= 4 is 34.7 Å². The topological polar surface area (TPSA) is 59.8 Å². The van der Waals surface area contributed by atoms with Crippen LogP contribution in [0.5, 0.6) is 0 Å². The lowest BCUT2D eigenvalue weighted by Crippen LogP contribution is -2.14. The van der Waals surface area contributed by atoms with Crippen LogP contribution in [0.4, 0.5) is 5.69 Å². The minimum atomic E-state index is -0.0376. The third kappa shape index (κ3) is 4.64. The molecule has 1 N–H and O–H groups in total. The monoisotopic (exact) mass is 414 g/mol. The Morgan fingerprint density at radius 1 is 1.18 bits per heavy atom. The van der Waals surface area contributed by atoms with Crippen LogP contribution in [-0.4, -0.2) is 26.4 Å². The van der Waals surface area contributed by atoms with E-state index < -0.39 is 0 Å². The number of benzene rings is 1. The van der Waals surface area contributed by atoms with E-state index in [2.05, 4.69) is 53.2 Å². The summed E-state index contributed by atoms with van der Waals surface area (Å²) in [6, 6.07) is 7.97. The van der Waals surface area contributed by atoms with Gasteiger partial charge in [-0.3, -0.25) is 4.79 Å². The van der Waals surface area contributed by atoms with Gasteiger partial charge in [-0.05, 0) is 49.9 Å². The van der Waals surface area contributed by atoms with Crippen molar-refractivity contribution in [3.8, 4) is 11.4 Å². The zero-order chi connectivity index (χ0) is 20.1. The third-order valence-corrected chi connectivity index (χ3v) is 6.65. The first-order valence-electron chi connectivity index (χ1n) is 9.53. The molecule has 0 radical (unpaired) electrons. The van der Waals surface area contributed by atoms with Crippen LogP contribution in [0.15, 0.2) is 34.8 Å². The Hall–Kier alpha value is -2.12. The fourth-order valence-corrected chi connectivity index (χ4v) is 4.53. The molecule has 0 spiro atoms. The van der Waals surface area contributed by atoms with Crippen molar-refractivity contribution in [1.82, 2.24) is 14.8 Å². The Morgan fingerprint density at radius 2 is 1.93 bits per heavy atom. The summed E-state index contributed by atoms with van der Waals surface area (Å²) in [6.45, 7) is 9.33. The highest BCUT2D eigenvalue weighted by molar-refractivity contribution is 7.99. The number of amides is 1. The number of thiophene rings is 1. The number of carbonyl (C=O) groups is 1. The zero-order valence-corrected chi connectivity index (χ0v) is 18.4. The molecule has 1 aromatic carbocycles. The number of nitrogens with one attached hydrogen (secondary N) is 1. The van der Waals surface area contributed by atoms with E-state index in [-0.39, 0.29) is 5.91 Å². The number of nitrogens with zero attached hydrogens (tertiary/aromatic N) is 3. The van der Waals surface area contributed by atoms with Crippen LogP contribution in [0.1, 0.15) is 36.3 Å². The van der Waals surface area contributed by atoms with E-state index in [9.17, 15) is 4.79 Å². The summed E-state index contributed by atoms with van der Waals surface area (Å²) in [7, 11) is 0. The van der Waals surface area contributed by atoms with E-state index in [1.54, 1.807) is 11.3 Å². The number of aromatic nitrogens is 3. The number of hydrogen-bond acceptors (Lipinski definition) is 5. The SMILES string of the molecule is CCCn1c(SCC(=O)Nc2ccc(CC)cc2)nnc1-c1csc(C)c1C. The van der Waals surface area contributed by atoms with Crippen molar-refractivity contribution in [3.05, 3.63) is 45.6 Å². The van der Waals surface area contributed by atoms with E-state index in [0.29, 0.717) is 5.75 Å². The van der Waals surface area contributed by atoms with Crippen molar-refractivity contribution in [2.24, 2.45) is 0 Å². The molecule has 0 unspecified atom stereocenters. The second kappa shape index (κ2) is 9.39. The minimum Gasteiger partial charge on any atom is -0.325 e. The molecule has 0 aliphatic carbocycles. The van der Waals surface area contributed by atoms with E-state index in [1.165, 1.54) is 27.8 Å². The predicted octanol–water partition coefficient (Wildman–Crippen LogP) is 5.33. The fourth-order valence-electron chi connectivity index (χ4n) is 2.90. The summed E-state index contributed by atoms with van der Waals surface area (Å²) < 4.78 is 2.13. The van der Waals surface area contributed by atoms with Crippen LogP contribution >= 0.6 is 23.1 Å². The predicted molar refractivity (Wildman–Crippen MR) is 118 cm³/mol. The van der Waals surface area contributed by atoms with Gasteiger partial charge in [0.1, 0.15) is 0 Å². The van der Waals surface area contributed by atoms with Crippen molar-refractivity contribution in [2.75, 3.05) is 11.1 Å². The normalized spacial score (nSPS) is 11.0. The van der Waals surface area contributed by atoms with Gasteiger partial charge in [0.05, 0.1) is 5.75 Å². The Kier molecular flexibility index (Phi) is 6.91. The third-order valence-electron chi connectivity index (χ3n) is 4.67. The average molecular weight is 415 g/mol. The molecule has 5 nitrogen and oxygen atoms in total. The molecule has 0 saturated heterocycles. The summed E-state index contributed by atoms with van der Waals surface area (Å²) in [5.41, 5.74) is 4.46. The molecule has 148 valence electrons. The van der Waals surface area contributed by atoms with Gasteiger partial charge in [-0.15, -0.1) is 21.5 Å². The second-order valence-electron chi connectivity index (χ2n) is 6.68. The molecule has 0 fully saturated rings. The van der Waals surface area contributed by atoms with Gasteiger partial charge >= 0.3 is 0 Å². The van der Waals surface area contributed by atoms with E-state index in [0.717, 1.165) is 41.6 Å². The Labute approximate surface area is 174 Å². The molecule has 3 aromatic rings. The maximum Gasteiger partial charge on any atom is 0.234 e. The quantitative estimate of drug-likeness (QED) is 0.506. The smallest absolute Gasteiger partial charge is 0.234 e. The molecule has 0 aliphatic heterocycles. The van der Waals surface area contributed by atoms with Gasteiger partial charge < -0.3 is 9.88 Å². The van der Waals surface area contributed by atoms with Crippen molar-refractivity contribution in [3.63, 3.8) is 0 Å².